The maximum Gasteiger partial charge on any atom is 0.167 e. The first-order valence-electron chi connectivity index (χ1n) is 5.49. The molecule has 8 heteroatoms. The molecule has 2 rings (SSSR count). The van der Waals surface area contributed by atoms with Crippen molar-refractivity contribution in [2.45, 2.75) is 0 Å². The number of halogens is 3. The van der Waals surface area contributed by atoms with Crippen LogP contribution in [0.3, 0.4) is 0 Å². The fourth-order valence-electron chi connectivity index (χ4n) is 1.41. The third kappa shape index (κ3) is 3.35. The molecule has 1 N–H and O–H groups in total. The number of aromatic nitrogens is 1. The minimum absolute atomic E-state index is 0.0314. The highest BCUT2D eigenvalue weighted by atomic mass is 35.5. The maximum atomic E-state index is 13.3. The van der Waals surface area contributed by atoms with Crippen molar-refractivity contribution < 1.29 is 13.5 Å². The summed E-state index contributed by atoms with van der Waals surface area (Å²) in [6, 6.07) is 5.01. The Bertz CT molecular complexity index is 657. The zero-order chi connectivity index (χ0) is 14.5. The van der Waals surface area contributed by atoms with Crippen molar-refractivity contribution in [3.8, 4) is 11.8 Å². The molecule has 0 atom stereocenters. The highest BCUT2D eigenvalue weighted by Crippen LogP contribution is 2.27. The second-order valence-corrected chi connectivity index (χ2v) is 4.77. The molecule has 0 fully saturated rings. The van der Waals surface area contributed by atoms with Gasteiger partial charge in [-0.1, -0.05) is 11.6 Å². The minimum Gasteiger partial charge on any atom is -0.489 e. The van der Waals surface area contributed by atoms with Crippen LogP contribution in [0.2, 0.25) is 5.15 Å². The normalized spacial score (nSPS) is 10.1. The molecule has 0 saturated heterocycles. The van der Waals surface area contributed by atoms with E-state index in [1.807, 2.05) is 6.07 Å². The van der Waals surface area contributed by atoms with Crippen LogP contribution in [0.4, 0.5) is 13.8 Å². The number of hydrogen-bond acceptors (Lipinski definition) is 5. The van der Waals surface area contributed by atoms with E-state index < -0.39 is 11.6 Å². The molecule has 0 spiro atoms. The fourth-order valence-corrected chi connectivity index (χ4v) is 2.37. The number of anilines is 1. The average Bonchev–Trinajstić information content (AvgIpc) is 2.77. The van der Waals surface area contributed by atoms with E-state index in [-0.39, 0.29) is 23.1 Å². The lowest BCUT2D eigenvalue weighted by Crippen LogP contribution is -2.12. The largest absolute Gasteiger partial charge is 0.489 e. The quantitative estimate of drug-likeness (QED) is 0.859. The van der Waals surface area contributed by atoms with Crippen LogP contribution in [-0.4, -0.2) is 17.5 Å². The van der Waals surface area contributed by atoms with Crippen molar-refractivity contribution in [3.05, 3.63) is 40.6 Å². The van der Waals surface area contributed by atoms with Gasteiger partial charge >= 0.3 is 0 Å². The van der Waals surface area contributed by atoms with Crippen LogP contribution in [-0.2, 0) is 0 Å². The standard InChI is InChI=1S/C12H8ClF2N3OS/c13-11-8(6-16)12(20-18-11)17-3-4-19-10-2-1-7(14)5-9(10)15/h1-2,5,17H,3-4H2. The number of nitrogens with one attached hydrogen (secondary N) is 1. The number of nitrogens with zero attached hydrogens (tertiary/aromatic N) is 2. The van der Waals surface area contributed by atoms with Crippen LogP contribution < -0.4 is 10.1 Å². The van der Waals surface area contributed by atoms with Gasteiger partial charge in [0, 0.05) is 12.6 Å². The average molecular weight is 316 g/mol. The highest BCUT2D eigenvalue weighted by molar-refractivity contribution is 7.10. The minimum atomic E-state index is -0.761. The molecule has 2 aromatic rings. The van der Waals surface area contributed by atoms with E-state index in [0.29, 0.717) is 11.5 Å². The van der Waals surface area contributed by atoms with Gasteiger partial charge in [0.15, 0.2) is 16.7 Å². The summed E-state index contributed by atoms with van der Waals surface area (Å²) >= 11 is 6.77. The summed E-state index contributed by atoms with van der Waals surface area (Å²) in [4.78, 5) is 0. The molecule has 20 heavy (non-hydrogen) atoms. The molecule has 0 saturated carbocycles. The lowest BCUT2D eigenvalue weighted by Gasteiger charge is -2.08. The molecule has 1 heterocycles. The summed E-state index contributed by atoms with van der Waals surface area (Å²) in [5, 5.41) is 12.4. The van der Waals surface area contributed by atoms with Crippen molar-refractivity contribution in [1.82, 2.24) is 4.37 Å². The van der Waals surface area contributed by atoms with E-state index in [1.165, 1.54) is 6.07 Å². The van der Waals surface area contributed by atoms with Gasteiger partial charge in [0.25, 0.3) is 0 Å². The van der Waals surface area contributed by atoms with Gasteiger partial charge in [-0.25, -0.2) is 8.78 Å². The number of ether oxygens (including phenoxy) is 1. The number of benzene rings is 1. The van der Waals surface area contributed by atoms with Crippen molar-refractivity contribution >= 4 is 28.1 Å². The van der Waals surface area contributed by atoms with Gasteiger partial charge in [0.1, 0.15) is 29.1 Å². The molecule has 0 radical (unpaired) electrons. The summed E-state index contributed by atoms with van der Waals surface area (Å²) in [5.74, 6) is -1.45. The van der Waals surface area contributed by atoms with E-state index >= 15 is 0 Å². The second kappa shape index (κ2) is 6.50. The molecule has 4 nitrogen and oxygen atoms in total. The van der Waals surface area contributed by atoms with Crippen molar-refractivity contribution in [2.24, 2.45) is 0 Å². The zero-order valence-electron chi connectivity index (χ0n) is 9.99. The summed E-state index contributed by atoms with van der Waals surface area (Å²) in [6.45, 7) is 0.465. The third-order valence-electron chi connectivity index (χ3n) is 2.30. The topological polar surface area (TPSA) is 57.9 Å². The Labute approximate surface area is 122 Å². The molecule has 0 aliphatic heterocycles. The van der Waals surface area contributed by atoms with E-state index in [2.05, 4.69) is 9.69 Å². The summed E-state index contributed by atoms with van der Waals surface area (Å²) in [5.41, 5.74) is 0.268. The molecule has 1 aromatic carbocycles. The van der Waals surface area contributed by atoms with Gasteiger partial charge in [-0.3, -0.25) is 0 Å². The van der Waals surface area contributed by atoms with Gasteiger partial charge in [-0.05, 0) is 23.7 Å². The summed E-state index contributed by atoms with van der Waals surface area (Å²) < 4.78 is 34.9. The number of rotatable bonds is 5. The lowest BCUT2D eigenvalue weighted by molar-refractivity contribution is 0.314. The molecule has 0 aliphatic rings. The molecule has 0 bridgehead atoms. The smallest absolute Gasteiger partial charge is 0.167 e. The van der Waals surface area contributed by atoms with Crippen LogP contribution in [0.5, 0.6) is 5.75 Å². The number of hydrogen-bond donors (Lipinski definition) is 1. The first-order chi connectivity index (χ1) is 9.61. The maximum absolute atomic E-state index is 13.3. The number of nitriles is 1. The Morgan fingerprint density at radius 1 is 1.45 bits per heavy atom. The monoisotopic (exact) mass is 315 g/mol. The molecular weight excluding hydrogens is 308 g/mol. The predicted molar refractivity (Wildman–Crippen MR) is 72.2 cm³/mol. The Morgan fingerprint density at radius 2 is 2.25 bits per heavy atom. The van der Waals surface area contributed by atoms with Crippen LogP contribution in [0.25, 0.3) is 0 Å². The molecule has 0 amide bonds. The molecule has 1 aromatic heterocycles. The second-order valence-electron chi connectivity index (χ2n) is 3.64. The van der Waals surface area contributed by atoms with Gasteiger partial charge in [-0.15, -0.1) is 0 Å². The first kappa shape index (κ1) is 14.5. The molecule has 0 aliphatic carbocycles. The van der Waals surface area contributed by atoms with Gasteiger partial charge in [-0.2, -0.15) is 9.64 Å². The zero-order valence-corrected chi connectivity index (χ0v) is 11.6. The Hall–Kier alpha value is -1.91. The first-order valence-corrected chi connectivity index (χ1v) is 6.64. The van der Waals surface area contributed by atoms with Gasteiger partial charge < -0.3 is 10.1 Å². The van der Waals surface area contributed by atoms with Crippen molar-refractivity contribution in [2.75, 3.05) is 18.5 Å². The molecule has 0 unspecified atom stereocenters. The summed E-state index contributed by atoms with van der Waals surface area (Å²) in [6.07, 6.45) is 0. The van der Waals surface area contributed by atoms with Crippen molar-refractivity contribution in [3.63, 3.8) is 0 Å². The Kier molecular flexibility index (Phi) is 4.71. The SMILES string of the molecule is N#Cc1c(Cl)nsc1NCCOc1ccc(F)cc1F. The van der Waals surface area contributed by atoms with Crippen LogP contribution >= 0.6 is 23.1 Å². The van der Waals surface area contributed by atoms with Crippen molar-refractivity contribution in [1.29, 1.82) is 5.26 Å². The van der Waals surface area contributed by atoms with E-state index in [4.69, 9.17) is 21.6 Å². The van der Waals surface area contributed by atoms with E-state index in [9.17, 15) is 8.78 Å². The molecule has 104 valence electrons. The third-order valence-corrected chi connectivity index (χ3v) is 3.48. The summed E-state index contributed by atoms with van der Waals surface area (Å²) in [7, 11) is 0. The van der Waals surface area contributed by atoms with Gasteiger partial charge in [0.05, 0.1) is 0 Å². The Balaban J connectivity index is 1.86. The Morgan fingerprint density at radius 3 is 2.95 bits per heavy atom. The van der Waals surface area contributed by atoms with Crippen LogP contribution in [0.1, 0.15) is 5.56 Å². The van der Waals surface area contributed by atoms with Gasteiger partial charge in [0.2, 0.25) is 0 Å². The van der Waals surface area contributed by atoms with E-state index in [1.54, 1.807) is 0 Å². The lowest BCUT2D eigenvalue weighted by atomic mass is 10.3. The predicted octanol–water partition coefficient (Wildman–Crippen LogP) is 3.44. The van der Waals surface area contributed by atoms with Crippen LogP contribution in [0, 0.1) is 23.0 Å². The highest BCUT2D eigenvalue weighted by Gasteiger charge is 2.11. The van der Waals surface area contributed by atoms with Crippen LogP contribution in [0.15, 0.2) is 18.2 Å². The fraction of sp³-hybridized carbons (Fsp3) is 0.167. The molecular formula is C12H8ClF2N3OS. The van der Waals surface area contributed by atoms with E-state index in [0.717, 1.165) is 23.7 Å².